The van der Waals surface area contributed by atoms with Gasteiger partial charge in [-0.05, 0) is 62.4 Å². The third kappa shape index (κ3) is 6.77. The van der Waals surface area contributed by atoms with E-state index in [1.54, 1.807) is 42.5 Å². The van der Waals surface area contributed by atoms with Crippen molar-refractivity contribution in [2.75, 3.05) is 18.5 Å². The number of amides is 1. The summed E-state index contributed by atoms with van der Waals surface area (Å²) in [5.41, 5.74) is 0.556. The average Bonchev–Trinajstić information content (AvgIpc) is 2.80. The molecule has 0 fully saturated rings. The zero-order valence-corrected chi connectivity index (χ0v) is 17.9. The number of para-hydroxylation sites is 3. The number of hydrogen-bond donors (Lipinski definition) is 1. The minimum Gasteiger partial charge on any atom is -0.490 e. The van der Waals surface area contributed by atoms with Gasteiger partial charge in [0.1, 0.15) is 11.5 Å². The first-order chi connectivity index (χ1) is 15.5. The lowest BCUT2D eigenvalue weighted by Gasteiger charge is -2.15. The first-order valence-corrected chi connectivity index (χ1v) is 10.2. The molecule has 3 aromatic carbocycles. The zero-order valence-electron chi connectivity index (χ0n) is 17.9. The highest BCUT2D eigenvalue weighted by atomic mass is 16.6. The molecule has 3 aromatic rings. The number of rotatable bonds is 10. The summed E-state index contributed by atoms with van der Waals surface area (Å²) in [7, 11) is 0. The molecule has 1 N–H and O–H groups in total. The molecule has 0 spiro atoms. The van der Waals surface area contributed by atoms with Crippen molar-refractivity contribution < 1.29 is 28.5 Å². The van der Waals surface area contributed by atoms with Crippen LogP contribution in [0.5, 0.6) is 23.0 Å². The van der Waals surface area contributed by atoms with Gasteiger partial charge >= 0.3 is 5.97 Å². The topological polar surface area (TPSA) is 83.1 Å². The van der Waals surface area contributed by atoms with Crippen molar-refractivity contribution in [3.8, 4) is 23.0 Å². The molecule has 0 bridgehead atoms. The quantitative estimate of drug-likeness (QED) is 0.460. The van der Waals surface area contributed by atoms with Gasteiger partial charge in [0.2, 0.25) is 0 Å². The Bertz CT molecular complexity index is 1020. The van der Waals surface area contributed by atoms with Crippen LogP contribution >= 0.6 is 0 Å². The second kappa shape index (κ2) is 11.4. The summed E-state index contributed by atoms with van der Waals surface area (Å²) in [6.45, 7) is 3.48. The first-order valence-electron chi connectivity index (χ1n) is 10.2. The van der Waals surface area contributed by atoms with Crippen molar-refractivity contribution in [2.24, 2.45) is 0 Å². The van der Waals surface area contributed by atoms with Gasteiger partial charge in [0.25, 0.3) is 5.91 Å². The zero-order chi connectivity index (χ0) is 22.8. The van der Waals surface area contributed by atoms with E-state index in [1.807, 2.05) is 43.3 Å². The van der Waals surface area contributed by atoms with E-state index in [2.05, 4.69) is 5.32 Å². The molecule has 0 heterocycles. The minimum atomic E-state index is -0.992. The van der Waals surface area contributed by atoms with Crippen LogP contribution in [-0.2, 0) is 14.3 Å². The van der Waals surface area contributed by atoms with Gasteiger partial charge in [-0.1, -0.05) is 30.3 Å². The first kappa shape index (κ1) is 22.7. The monoisotopic (exact) mass is 435 g/mol. The van der Waals surface area contributed by atoms with Gasteiger partial charge < -0.3 is 24.3 Å². The van der Waals surface area contributed by atoms with E-state index in [4.69, 9.17) is 18.9 Å². The number of esters is 1. The summed E-state index contributed by atoms with van der Waals surface area (Å²) >= 11 is 0. The van der Waals surface area contributed by atoms with Crippen LogP contribution in [-0.4, -0.2) is 31.2 Å². The number of ether oxygens (including phenoxy) is 4. The Morgan fingerprint density at radius 3 is 2.06 bits per heavy atom. The third-order valence-electron chi connectivity index (χ3n) is 4.27. The van der Waals surface area contributed by atoms with Gasteiger partial charge in [0.15, 0.2) is 24.2 Å². The molecule has 7 heteroatoms. The van der Waals surface area contributed by atoms with Crippen molar-refractivity contribution >= 4 is 17.6 Å². The Hall–Kier alpha value is -4.00. The lowest BCUT2D eigenvalue weighted by atomic mass is 10.2. The van der Waals surface area contributed by atoms with Crippen LogP contribution in [0.4, 0.5) is 5.69 Å². The highest BCUT2D eigenvalue weighted by Crippen LogP contribution is 2.26. The standard InChI is InChI=1S/C25H25NO6/c1-3-29-22-11-7-8-12-23(22)30-17-24(27)31-18(2)25(28)26-19-13-15-21(16-14-19)32-20-9-5-4-6-10-20/h4-16,18H,3,17H2,1-2H3,(H,26,28). The number of carbonyl (C=O) groups is 2. The lowest BCUT2D eigenvalue weighted by molar-refractivity contribution is -0.155. The molecule has 32 heavy (non-hydrogen) atoms. The van der Waals surface area contributed by atoms with E-state index < -0.39 is 18.0 Å². The molecule has 0 radical (unpaired) electrons. The smallest absolute Gasteiger partial charge is 0.344 e. The number of carbonyl (C=O) groups excluding carboxylic acids is 2. The molecular weight excluding hydrogens is 410 g/mol. The maximum atomic E-state index is 12.4. The summed E-state index contributed by atoms with van der Waals surface area (Å²) in [5, 5.41) is 2.71. The predicted octanol–water partition coefficient (Wildman–Crippen LogP) is 4.83. The number of hydrogen-bond acceptors (Lipinski definition) is 6. The van der Waals surface area contributed by atoms with Gasteiger partial charge in [-0.25, -0.2) is 4.79 Å². The normalized spacial score (nSPS) is 11.2. The van der Waals surface area contributed by atoms with Gasteiger partial charge in [-0.15, -0.1) is 0 Å². The fourth-order valence-corrected chi connectivity index (χ4v) is 2.74. The van der Waals surface area contributed by atoms with Gasteiger partial charge in [0, 0.05) is 5.69 Å². The Balaban J connectivity index is 1.46. The van der Waals surface area contributed by atoms with Crippen molar-refractivity contribution in [1.82, 2.24) is 0 Å². The molecule has 1 atom stereocenters. The minimum absolute atomic E-state index is 0.340. The predicted molar refractivity (Wildman–Crippen MR) is 120 cm³/mol. The average molecular weight is 435 g/mol. The number of nitrogens with one attached hydrogen (secondary N) is 1. The fraction of sp³-hybridized carbons (Fsp3) is 0.200. The number of benzene rings is 3. The van der Waals surface area contributed by atoms with Crippen LogP contribution in [0.25, 0.3) is 0 Å². The molecule has 0 saturated heterocycles. The Labute approximate surface area is 186 Å². The molecule has 166 valence electrons. The van der Waals surface area contributed by atoms with Gasteiger partial charge in [-0.2, -0.15) is 0 Å². The second-order valence-corrected chi connectivity index (χ2v) is 6.73. The maximum Gasteiger partial charge on any atom is 0.344 e. The molecule has 0 aromatic heterocycles. The van der Waals surface area contributed by atoms with Crippen molar-refractivity contribution in [1.29, 1.82) is 0 Å². The van der Waals surface area contributed by atoms with Crippen LogP contribution in [0.3, 0.4) is 0 Å². The Morgan fingerprint density at radius 1 is 0.812 bits per heavy atom. The fourth-order valence-electron chi connectivity index (χ4n) is 2.74. The molecular formula is C25H25NO6. The summed E-state index contributed by atoms with van der Waals surface area (Å²) in [4.78, 5) is 24.4. The van der Waals surface area contributed by atoms with Gasteiger partial charge in [-0.3, -0.25) is 4.79 Å². The maximum absolute atomic E-state index is 12.4. The summed E-state index contributed by atoms with van der Waals surface area (Å²) in [6.07, 6.45) is -0.992. The molecule has 0 aliphatic rings. The summed E-state index contributed by atoms with van der Waals surface area (Å²) < 4.78 is 21.8. The second-order valence-electron chi connectivity index (χ2n) is 6.73. The molecule has 0 saturated carbocycles. The van der Waals surface area contributed by atoms with E-state index in [0.717, 1.165) is 5.75 Å². The number of anilines is 1. The highest BCUT2D eigenvalue weighted by molar-refractivity contribution is 5.95. The molecule has 1 amide bonds. The van der Waals surface area contributed by atoms with E-state index in [-0.39, 0.29) is 6.61 Å². The van der Waals surface area contributed by atoms with Crippen LogP contribution in [0.1, 0.15) is 13.8 Å². The Morgan fingerprint density at radius 2 is 1.41 bits per heavy atom. The van der Waals surface area contributed by atoms with E-state index in [1.165, 1.54) is 6.92 Å². The molecule has 0 aliphatic carbocycles. The highest BCUT2D eigenvalue weighted by Gasteiger charge is 2.19. The molecule has 7 nitrogen and oxygen atoms in total. The van der Waals surface area contributed by atoms with Crippen LogP contribution in [0, 0.1) is 0 Å². The van der Waals surface area contributed by atoms with E-state index >= 15 is 0 Å². The lowest BCUT2D eigenvalue weighted by Crippen LogP contribution is -2.31. The molecule has 0 aliphatic heterocycles. The SMILES string of the molecule is CCOc1ccccc1OCC(=O)OC(C)C(=O)Nc1ccc(Oc2ccccc2)cc1. The van der Waals surface area contributed by atoms with Crippen molar-refractivity contribution in [3.05, 3.63) is 78.9 Å². The molecule has 1 unspecified atom stereocenters. The van der Waals surface area contributed by atoms with Crippen molar-refractivity contribution in [3.63, 3.8) is 0 Å². The van der Waals surface area contributed by atoms with Crippen molar-refractivity contribution in [2.45, 2.75) is 20.0 Å². The largest absolute Gasteiger partial charge is 0.490 e. The third-order valence-corrected chi connectivity index (χ3v) is 4.27. The van der Waals surface area contributed by atoms with Gasteiger partial charge in [0.05, 0.1) is 6.61 Å². The van der Waals surface area contributed by atoms with Crippen LogP contribution in [0.15, 0.2) is 78.9 Å². The van der Waals surface area contributed by atoms with E-state index in [9.17, 15) is 9.59 Å². The molecule has 3 rings (SSSR count). The summed E-state index contributed by atoms with van der Waals surface area (Å²) in [6, 6.07) is 23.3. The van der Waals surface area contributed by atoms with E-state index in [0.29, 0.717) is 29.5 Å². The van der Waals surface area contributed by atoms with Crippen LogP contribution in [0.2, 0.25) is 0 Å². The Kier molecular flexibility index (Phi) is 8.09. The van der Waals surface area contributed by atoms with Crippen LogP contribution < -0.4 is 19.5 Å². The summed E-state index contributed by atoms with van der Waals surface area (Å²) in [5.74, 6) is 1.21.